The number of allylic oxidation sites excluding steroid dienone is 3. The van der Waals surface area contributed by atoms with E-state index in [9.17, 15) is 9.90 Å². The Bertz CT molecular complexity index is 559. The minimum Gasteiger partial charge on any atom is -0.458 e. The van der Waals surface area contributed by atoms with E-state index in [1.54, 1.807) is 0 Å². The second-order valence-corrected chi connectivity index (χ2v) is 8.35. The molecule has 4 unspecified atom stereocenters. The monoisotopic (exact) mass is 352 g/mol. The third kappa shape index (κ3) is 4.73. The van der Waals surface area contributed by atoms with Gasteiger partial charge in [-0.1, -0.05) is 29.9 Å². The second kappa shape index (κ2) is 7.88. The number of aliphatic hydroxyl groups excluding tert-OH is 1. The predicted molar refractivity (Wildman–Crippen MR) is 98.0 cm³/mol. The number of rotatable bonds is 0. The van der Waals surface area contributed by atoms with Crippen molar-refractivity contribution >= 4 is 17.6 Å². The van der Waals surface area contributed by atoms with Crippen molar-refractivity contribution in [2.75, 3.05) is 0 Å². The number of carbonyl (C=O) groups is 1. The van der Waals surface area contributed by atoms with Gasteiger partial charge in [0.1, 0.15) is 6.10 Å². The lowest BCUT2D eigenvalue weighted by Crippen LogP contribution is -2.37. The predicted octanol–water partition coefficient (Wildman–Crippen LogP) is 4.69. The zero-order chi connectivity index (χ0) is 17.9. The Morgan fingerprint density at radius 1 is 1.29 bits per heavy atom. The fraction of sp³-hybridized carbons (Fsp3) is 0.650. The molecule has 1 fully saturated rings. The van der Waals surface area contributed by atoms with Gasteiger partial charge in [-0.2, -0.15) is 0 Å². The number of halogens is 1. The number of ether oxygens (including phenoxy) is 1. The lowest BCUT2D eigenvalue weighted by molar-refractivity contribution is -0.139. The number of hydrogen-bond donors (Lipinski definition) is 1. The molecule has 1 aliphatic heterocycles. The maximum absolute atomic E-state index is 11.9. The highest BCUT2D eigenvalue weighted by Crippen LogP contribution is 2.38. The summed E-state index contributed by atoms with van der Waals surface area (Å²) >= 11 is 6.60. The fourth-order valence-electron chi connectivity index (χ4n) is 3.45. The van der Waals surface area contributed by atoms with E-state index in [4.69, 9.17) is 16.3 Å². The number of aliphatic hydroxyl groups is 1. The molecule has 24 heavy (non-hydrogen) atoms. The van der Waals surface area contributed by atoms with Gasteiger partial charge in [-0.05, 0) is 52.9 Å². The molecule has 0 radical (unpaired) electrons. The quantitative estimate of drug-likeness (QED) is 0.298. The summed E-state index contributed by atoms with van der Waals surface area (Å²) in [4.78, 5) is 11.2. The van der Waals surface area contributed by atoms with Crippen molar-refractivity contribution < 1.29 is 14.6 Å². The van der Waals surface area contributed by atoms with Crippen LogP contribution in [0.2, 0.25) is 0 Å². The summed E-state index contributed by atoms with van der Waals surface area (Å²) in [6.07, 6.45) is 8.11. The molecular formula is C20H29ClO3. The maximum Gasteiger partial charge on any atom is 0.334 e. The van der Waals surface area contributed by atoms with Crippen molar-refractivity contribution in [1.29, 1.82) is 0 Å². The van der Waals surface area contributed by atoms with Gasteiger partial charge in [-0.25, -0.2) is 4.79 Å². The molecule has 4 atom stereocenters. The van der Waals surface area contributed by atoms with Crippen molar-refractivity contribution in [2.24, 2.45) is 5.92 Å². The van der Waals surface area contributed by atoms with Crippen molar-refractivity contribution in [3.63, 3.8) is 0 Å². The largest absolute Gasteiger partial charge is 0.458 e. The van der Waals surface area contributed by atoms with Crippen LogP contribution in [0.1, 0.15) is 59.3 Å². The van der Waals surface area contributed by atoms with Crippen LogP contribution >= 0.6 is 11.6 Å². The molecule has 1 heterocycles. The van der Waals surface area contributed by atoms with Gasteiger partial charge in [-0.3, -0.25) is 0 Å². The summed E-state index contributed by atoms with van der Waals surface area (Å²) < 4.78 is 5.50. The first kappa shape index (κ1) is 19.3. The summed E-state index contributed by atoms with van der Waals surface area (Å²) in [6, 6.07) is 0. The van der Waals surface area contributed by atoms with E-state index in [2.05, 4.69) is 32.6 Å². The average Bonchev–Trinajstić information content (AvgIpc) is 2.73. The van der Waals surface area contributed by atoms with Gasteiger partial charge in [0, 0.05) is 17.9 Å². The number of hydrogen-bond acceptors (Lipinski definition) is 3. The van der Waals surface area contributed by atoms with Crippen molar-refractivity contribution in [3.8, 4) is 0 Å². The van der Waals surface area contributed by atoms with Gasteiger partial charge in [0.2, 0.25) is 0 Å². The highest BCUT2D eigenvalue weighted by atomic mass is 35.5. The first-order valence-corrected chi connectivity index (χ1v) is 9.16. The molecule has 0 aromatic carbocycles. The number of carbonyl (C=O) groups excluding carboxylic acids is 1. The summed E-state index contributed by atoms with van der Waals surface area (Å²) in [5, 5.41) is 10.7. The normalized spacial score (nSPS) is 36.3. The van der Waals surface area contributed by atoms with Crippen molar-refractivity contribution in [3.05, 3.63) is 35.5 Å². The van der Waals surface area contributed by atoms with Crippen LogP contribution in [0.3, 0.4) is 0 Å². The molecule has 1 N–H and O–H groups in total. The van der Waals surface area contributed by atoms with Crippen LogP contribution < -0.4 is 0 Å². The molecule has 0 spiro atoms. The molecule has 0 amide bonds. The van der Waals surface area contributed by atoms with E-state index in [0.29, 0.717) is 24.8 Å². The number of fused-ring (bicyclic) bond motifs is 1. The highest BCUT2D eigenvalue weighted by molar-refractivity contribution is 6.24. The Morgan fingerprint density at radius 2 is 1.96 bits per heavy atom. The smallest absolute Gasteiger partial charge is 0.334 e. The third-order valence-corrected chi connectivity index (χ3v) is 5.71. The summed E-state index contributed by atoms with van der Waals surface area (Å²) in [7, 11) is 0. The molecule has 1 saturated heterocycles. The molecule has 0 aromatic rings. The van der Waals surface area contributed by atoms with Gasteiger partial charge in [0.05, 0.1) is 11.0 Å². The topological polar surface area (TPSA) is 46.5 Å². The van der Waals surface area contributed by atoms with Crippen LogP contribution in [0.25, 0.3) is 0 Å². The lowest BCUT2D eigenvalue weighted by atomic mass is 9.83. The Kier molecular flexibility index (Phi) is 6.33. The summed E-state index contributed by atoms with van der Waals surface area (Å²) in [6.45, 7) is 9.95. The van der Waals surface area contributed by atoms with E-state index in [-0.39, 0.29) is 18.0 Å². The molecule has 0 saturated carbocycles. The highest BCUT2D eigenvalue weighted by Gasteiger charge is 2.42. The molecule has 1 aliphatic carbocycles. The minimum atomic E-state index is -0.720. The van der Waals surface area contributed by atoms with Gasteiger partial charge in [0.15, 0.2) is 0 Å². The first-order chi connectivity index (χ1) is 11.2. The molecular weight excluding hydrogens is 324 g/mol. The Hall–Kier alpha value is -1.06. The van der Waals surface area contributed by atoms with Crippen LogP contribution in [0.5, 0.6) is 0 Å². The van der Waals surface area contributed by atoms with Crippen LogP contribution in [0.4, 0.5) is 0 Å². The van der Waals surface area contributed by atoms with Gasteiger partial charge in [0.25, 0.3) is 0 Å². The molecule has 2 aliphatic rings. The van der Waals surface area contributed by atoms with Crippen molar-refractivity contribution in [2.45, 2.75) is 76.4 Å². The molecule has 3 nitrogen and oxygen atoms in total. The SMILES string of the molecule is C=C1C(=O)OC2CC(C)=CCCC(C)=CCCC(C)(Cl)C(O)CC12. The van der Waals surface area contributed by atoms with Gasteiger partial charge < -0.3 is 9.84 Å². The number of alkyl halides is 1. The van der Waals surface area contributed by atoms with Crippen LogP contribution in [-0.2, 0) is 9.53 Å². The standard InChI is InChI=1S/C20H29ClO3/c1-13-7-5-8-14(2)11-17-16(15(3)19(23)24-17)12-18(22)20(4,21)10-6-9-13/h8-9,16-18,22H,3,5-7,10-12H2,1-2,4H3. The molecule has 4 heteroatoms. The average molecular weight is 353 g/mol. The summed E-state index contributed by atoms with van der Waals surface area (Å²) in [5.74, 6) is -0.516. The van der Waals surface area contributed by atoms with E-state index < -0.39 is 11.0 Å². The summed E-state index contributed by atoms with van der Waals surface area (Å²) in [5.41, 5.74) is 3.01. The van der Waals surface area contributed by atoms with E-state index >= 15 is 0 Å². The third-order valence-electron chi connectivity index (χ3n) is 5.27. The van der Waals surface area contributed by atoms with E-state index in [1.165, 1.54) is 11.1 Å². The Labute approximate surface area is 150 Å². The van der Waals surface area contributed by atoms with Crippen molar-refractivity contribution in [1.82, 2.24) is 0 Å². The molecule has 0 aromatic heterocycles. The van der Waals surface area contributed by atoms with Gasteiger partial charge >= 0.3 is 5.97 Å². The van der Waals surface area contributed by atoms with E-state index in [1.807, 2.05) is 6.92 Å². The zero-order valence-electron chi connectivity index (χ0n) is 15.0. The Morgan fingerprint density at radius 3 is 2.67 bits per heavy atom. The molecule has 134 valence electrons. The van der Waals surface area contributed by atoms with Crippen LogP contribution in [-0.4, -0.2) is 28.2 Å². The first-order valence-electron chi connectivity index (χ1n) is 8.78. The maximum atomic E-state index is 11.9. The van der Waals surface area contributed by atoms with Crippen LogP contribution in [0.15, 0.2) is 35.5 Å². The van der Waals surface area contributed by atoms with Crippen LogP contribution in [0, 0.1) is 5.92 Å². The molecule has 2 rings (SSSR count). The van der Waals surface area contributed by atoms with Gasteiger partial charge in [-0.15, -0.1) is 11.6 Å². The van der Waals surface area contributed by atoms with E-state index in [0.717, 1.165) is 19.3 Å². The Balaban J connectivity index is 2.24. The lowest BCUT2D eigenvalue weighted by Gasteiger charge is -2.31. The second-order valence-electron chi connectivity index (χ2n) is 7.49. The molecule has 0 bridgehead atoms. The zero-order valence-corrected chi connectivity index (χ0v) is 15.7. The minimum absolute atomic E-state index is 0.172. The fourth-order valence-corrected chi connectivity index (χ4v) is 3.65. The number of esters is 1.